The van der Waals surface area contributed by atoms with Gasteiger partial charge in [0.25, 0.3) is 5.56 Å². The van der Waals surface area contributed by atoms with Crippen molar-refractivity contribution in [3.8, 4) is 12.3 Å². The molecule has 0 unspecified atom stereocenters. The molecule has 2 aromatic rings. The molecule has 1 aromatic heterocycles. The number of para-hydroxylation sites is 1. The summed E-state index contributed by atoms with van der Waals surface area (Å²) in [4.78, 5) is 15.9. The third-order valence-electron chi connectivity index (χ3n) is 2.11. The number of rotatable bonds is 0. The molecule has 0 atom stereocenters. The second kappa shape index (κ2) is 3.00. The fourth-order valence-corrected chi connectivity index (χ4v) is 1.35. The highest BCUT2D eigenvalue weighted by molar-refractivity contribution is 5.77. The molecule has 0 aliphatic carbocycles. The summed E-state index contributed by atoms with van der Waals surface area (Å²) in [7, 11) is 1.62. The monoisotopic (exact) mass is 184 g/mol. The van der Waals surface area contributed by atoms with E-state index in [9.17, 15) is 4.79 Å². The summed E-state index contributed by atoms with van der Waals surface area (Å²) in [5.41, 5.74) is 0.534. The maximum absolute atomic E-state index is 11.7. The number of hydrogen-bond acceptors (Lipinski definition) is 2. The summed E-state index contributed by atoms with van der Waals surface area (Å²) < 4.78 is 1.38. The van der Waals surface area contributed by atoms with Crippen LogP contribution in [0.25, 0.3) is 10.9 Å². The van der Waals surface area contributed by atoms with Crippen LogP contribution in [-0.2, 0) is 7.05 Å². The van der Waals surface area contributed by atoms with Gasteiger partial charge >= 0.3 is 0 Å². The smallest absolute Gasteiger partial charge is 0.261 e. The highest BCUT2D eigenvalue weighted by atomic mass is 16.1. The standard InChI is InChI=1S/C11H8N2O/c1-3-10-12-9-7-5-4-6-8(9)11(14)13(10)2/h1,4-7H,2H3. The summed E-state index contributed by atoms with van der Waals surface area (Å²) in [5, 5.41) is 0.592. The van der Waals surface area contributed by atoms with Crippen molar-refractivity contribution in [3.05, 3.63) is 40.4 Å². The third kappa shape index (κ3) is 1.09. The average molecular weight is 184 g/mol. The molecule has 0 aliphatic heterocycles. The molecule has 14 heavy (non-hydrogen) atoms. The maximum atomic E-state index is 11.7. The molecule has 0 amide bonds. The van der Waals surface area contributed by atoms with E-state index in [1.165, 1.54) is 4.57 Å². The van der Waals surface area contributed by atoms with Gasteiger partial charge in [0, 0.05) is 7.05 Å². The Morgan fingerprint density at radius 2 is 2.14 bits per heavy atom. The Morgan fingerprint density at radius 1 is 1.43 bits per heavy atom. The van der Waals surface area contributed by atoms with Crippen molar-refractivity contribution in [2.45, 2.75) is 0 Å². The zero-order valence-corrected chi connectivity index (χ0v) is 7.69. The van der Waals surface area contributed by atoms with Crippen molar-refractivity contribution >= 4 is 10.9 Å². The lowest BCUT2D eigenvalue weighted by Crippen LogP contribution is -2.20. The lowest BCUT2D eigenvalue weighted by atomic mass is 10.2. The van der Waals surface area contributed by atoms with Crippen LogP contribution in [0.1, 0.15) is 5.82 Å². The minimum absolute atomic E-state index is 0.108. The summed E-state index contributed by atoms with van der Waals surface area (Å²) in [6.07, 6.45) is 5.24. The highest BCUT2D eigenvalue weighted by Gasteiger charge is 2.04. The van der Waals surface area contributed by atoms with Gasteiger partial charge < -0.3 is 0 Å². The summed E-state index contributed by atoms with van der Waals surface area (Å²) in [5.74, 6) is 2.74. The first-order chi connectivity index (χ1) is 6.74. The fourth-order valence-electron chi connectivity index (χ4n) is 1.35. The van der Waals surface area contributed by atoms with Crippen molar-refractivity contribution in [1.29, 1.82) is 0 Å². The van der Waals surface area contributed by atoms with Crippen LogP contribution in [0.3, 0.4) is 0 Å². The van der Waals surface area contributed by atoms with Gasteiger partial charge in [-0.15, -0.1) is 6.42 Å². The van der Waals surface area contributed by atoms with Crippen LogP contribution in [0.5, 0.6) is 0 Å². The molecule has 0 fully saturated rings. The quantitative estimate of drug-likeness (QED) is 0.570. The Balaban J connectivity index is 3.02. The Morgan fingerprint density at radius 3 is 2.86 bits per heavy atom. The van der Waals surface area contributed by atoms with Crippen LogP contribution in [0.15, 0.2) is 29.1 Å². The van der Waals surface area contributed by atoms with Crippen molar-refractivity contribution in [2.24, 2.45) is 7.05 Å². The molecule has 0 saturated carbocycles. The maximum Gasteiger partial charge on any atom is 0.261 e. The average Bonchev–Trinajstić information content (AvgIpc) is 2.23. The molecule has 1 heterocycles. The fraction of sp³-hybridized carbons (Fsp3) is 0.0909. The largest absolute Gasteiger partial charge is 0.289 e. The molecular formula is C11H8N2O. The topological polar surface area (TPSA) is 34.9 Å². The van der Waals surface area contributed by atoms with E-state index in [1.54, 1.807) is 25.2 Å². The van der Waals surface area contributed by atoms with Crippen LogP contribution in [0.4, 0.5) is 0 Å². The van der Waals surface area contributed by atoms with Crippen LogP contribution >= 0.6 is 0 Å². The number of terminal acetylenes is 1. The Hall–Kier alpha value is -2.08. The molecule has 0 aliphatic rings. The number of aromatic nitrogens is 2. The van der Waals surface area contributed by atoms with Gasteiger partial charge in [0.2, 0.25) is 0 Å². The Kier molecular flexibility index (Phi) is 1.83. The van der Waals surface area contributed by atoms with Crippen molar-refractivity contribution < 1.29 is 0 Å². The number of nitrogens with zero attached hydrogens (tertiary/aromatic N) is 2. The normalized spacial score (nSPS) is 10.0. The van der Waals surface area contributed by atoms with E-state index in [2.05, 4.69) is 10.9 Å². The van der Waals surface area contributed by atoms with Gasteiger partial charge in [0.1, 0.15) is 0 Å². The molecule has 1 aromatic carbocycles. The summed E-state index contributed by atoms with van der Waals surface area (Å²) in [6, 6.07) is 7.15. The summed E-state index contributed by atoms with van der Waals surface area (Å²) >= 11 is 0. The van der Waals surface area contributed by atoms with E-state index < -0.39 is 0 Å². The first kappa shape index (κ1) is 8.52. The van der Waals surface area contributed by atoms with E-state index in [0.29, 0.717) is 16.7 Å². The van der Waals surface area contributed by atoms with Gasteiger partial charge in [-0.05, 0) is 18.1 Å². The van der Waals surface area contributed by atoms with E-state index in [4.69, 9.17) is 6.42 Å². The molecule has 3 nitrogen and oxygen atoms in total. The van der Waals surface area contributed by atoms with Gasteiger partial charge in [-0.1, -0.05) is 12.1 Å². The predicted octanol–water partition coefficient (Wildman–Crippen LogP) is 0.915. The van der Waals surface area contributed by atoms with Gasteiger partial charge in [-0.2, -0.15) is 0 Å². The van der Waals surface area contributed by atoms with E-state index in [-0.39, 0.29) is 5.56 Å². The van der Waals surface area contributed by atoms with Crippen molar-refractivity contribution in [1.82, 2.24) is 9.55 Å². The first-order valence-corrected chi connectivity index (χ1v) is 4.16. The van der Waals surface area contributed by atoms with E-state index >= 15 is 0 Å². The van der Waals surface area contributed by atoms with Crippen molar-refractivity contribution in [2.75, 3.05) is 0 Å². The molecule has 0 bridgehead atoms. The lowest BCUT2D eigenvalue weighted by Gasteiger charge is -2.02. The minimum atomic E-state index is -0.108. The first-order valence-electron chi connectivity index (χ1n) is 4.16. The molecule has 0 radical (unpaired) electrons. The predicted molar refractivity (Wildman–Crippen MR) is 54.9 cm³/mol. The molecule has 0 spiro atoms. The lowest BCUT2D eigenvalue weighted by molar-refractivity contribution is 0.824. The third-order valence-corrected chi connectivity index (χ3v) is 2.11. The zero-order chi connectivity index (χ0) is 10.1. The second-order valence-electron chi connectivity index (χ2n) is 2.96. The van der Waals surface area contributed by atoms with Crippen LogP contribution in [0.2, 0.25) is 0 Å². The molecule has 0 saturated heterocycles. The van der Waals surface area contributed by atoms with Gasteiger partial charge in [0.15, 0.2) is 5.82 Å². The Labute approximate surface area is 81.0 Å². The van der Waals surface area contributed by atoms with Crippen LogP contribution in [0, 0.1) is 12.3 Å². The number of fused-ring (bicyclic) bond motifs is 1. The minimum Gasteiger partial charge on any atom is -0.289 e. The number of hydrogen-bond donors (Lipinski definition) is 0. The second-order valence-corrected chi connectivity index (χ2v) is 2.96. The van der Waals surface area contributed by atoms with Gasteiger partial charge in [-0.25, -0.2) is 4.98 Å². The van der Waals surface area contributed by atoms with Gasteiger partial charge in [0.05, 0.1) is 10.9 Å². The molecule has 68 valence electrons. The summed E-state index contributed by atoms with van der Waals surface area (Å²) in [6.45, 7) is 0. The number of benzene rings is 1. The molecular weight excluding hydrogens is 176 g/mol. The van der Waals surface area contributed by atoms with E-state index in [0.717, 1.165) is 0 Å². The molecule has 2 rings (SSSR count). The molecule has 3 heteroatoms. The zero-order valence-electron chi connectivity index (χ0n) is 7.69. The van der Waals surface area contributed by atoms with Gasteiger partial charge in [-0.3, -0.25) is 9.36 Å². The highest BCUT2D eigenvalue weighted by Crippen LogP contribution is 2.05. The van der Waals surface area contributed by atoms with Crippen LogP contribution < -0.4 is 5.56 Å². The van der Waals surface area contributed by atoms with Crippen LogP contribution in [-0.4, -0.2) is 9.55 Å². The SMILES string of the molecule is C#Cc1nc2ccccc2c(=O)n1C. The Bertz CT molecular complexity index is 590. The molecule has 0 N–H and O–H groups in total. The van der Waals surface area contributed by atoms with Crippen molar-refractivity contribution in [3.63, 3.8) is 0 Å². The van der Waals surface area contributed by atoms with E-state index in [1.807, 2.05) is 6.07 Å².